The van der Waals surface area contributed by atoms with Gasteiger partial charge < -0.3 is 14.2 Å². The van der Waals surface area contributed by atoms with Crippen LogP contribution in [0.3, 0.4) is 0 Å². The zero-order valence-corrected chi connectivity index (χ0v) is 19.8. The number of carbonyl (C=O) groups is 2. The molecule has 180 valence electrons. The number of hydrazine groups is 1. The van der Waals surface area contributed by atoms with Crippen LogP contribution >= 0.6 is 0 Å². The summed E-state index contributed by atoms with van der Waals surface area (Å²) in [7, 11) is 0. The van der Waals surface area contributed by atoms with Gasteiger partial charge in [-0.3, -0.25) is 15.0 Å². The molecule has 0 spiro atoms. The van der Waals surface area contributed by atoms with Gasteiger partial charge in [-0.05, 0) is 61.9 Å². The molecule has 0 radical (unpaired) electrons. The Morgan fingerprint density at radius 2 is 1.60 bits per heavy atom. The SMILES string of the molecule is CCOc1cc(/C=C2\C(=O)NN(c3ccccc3)C2=O)ccc1OCCCOc1ccc(C)cc1. The van der Waals surface area contributed by atoms with Crippen molar-refractivity contribution in [2.24, 2.45) is 0 Å². The third kappa shape index (κ3) is 6.00. The first-order chi connectivity index (χ1) is 17.0. The molecule has 3 aromatic carbocycles. The Balaban J connectivity index is 1.39. The fourth-order valence-electron chi connectivity index (χ4n) is 3.55. The summed E-state index contributed by atoms with van der Waals surface area (Å²) in [5.74, 6) is 1.11. The predicted octanol–water partition coefficient (Wildman–Crippen LogP) is 4.70. The molecule has 3 aromatic rings. The maximum atomic E-state index is 12.8. The molecule has 7 heteroatoms. The van der Waals surface area contributed by atoms with Crippen molar-refractivity contribution in [3.05, 3.63) is 89.5 Å². The molecule has 7 nitrogen and oxygen atoms in total. The van der Waals surface area contributed by atoms with Crippen LogP contribution in [0.5, 0.6) is 17.2 Å². The molecule has 0 aromatic heterocycles. The Morgan fingerprint density at radius 3 is 2.34 bits per heavy atom. The molecule has 1 aliphatic rings. The number of nitrogens with one attached hydrogen (secondary N) is 1. The Bertz CT molecular complexity index is 1210. The number of rotatable bonds is 10. The van der Waals surface area contributed by atoms with E-state index < -0.39 is 11.8 Å². The molecule has 0 unspecified atom stereocenters. The molecule has 0 saturated carbocycles. The standard InChI is InChI=1S/C28H28N2O5/c1-3-33-26-19-21(18-24-27(31)29-30(28(24)32)22-8-5-4-6-9-22)12-15-25(26)35-17-7-16-34-23-13-10-20(2)11-14-23/h4-6,8-15,18-19H,3,7,16-17H2,1-2H3,(H,29,31)/b24-18+. The van der Waals surface area contributed by atoms with E-state index in [4.69, 9.17) is 14.2 Å². The van der Waals surface area contributed by atoms with E-state index in [2.05, 4.69) is 5.43 Å². The minimum absolute atomic E-state index is 0.0539. The van der Waals surface area contributed by atoms with E-state index in [1.54, 1.807) is 48.5 Å². The highest BCUT2D eigenvalue weighted by Gasteiger charge is 2.34. The van der Waals surface area contributed by atoms with E-state index in [1.807, 2.05) is 44.2 Å². The van der Waals surface area contributed by atoms with Crippen LogP contribution < -0.4 is 24.6 Å². The molecule has 0 bridgehead atoms. The lowest BCUT2D eigenvalue weighted by Crippen LogP contribution is -2.35. The van der Waals surface area contributed by atoms with Crippen LogP contribution in [0.15, 0.2) is 78.4 Å². The van der Waals surface area contributed by atoms with Crippen LogP contribution in [-0.2, 0) is 9.59 Å². The van der Waals surface area contributed by atoms with Gasteiger partial charge in [0, 0.05) is 6.42 Å². The van der Waals surface area contributed by atoms with Crippen molar-refractivity contribution >= 4 is 23.6 Å². The van der Waals surface area contributed by atoms with Crippen molar-refractivity contribution in [2.75, 3.05) is 24.8 Å². The average molecular weight is 473 g/mol. The molecule has 4 rings (SSSR count). The van der Waals surface area contributed by atoms with Crippen LogP contribution in [0.4, 0.5) is 5.69 Å². The molecule has 0 atom stereocenters. The Kier molecular flexibility index (Phi) is 7.67. The Hall–Kier alpha value is -4.26. The van der Waals surface area contributed by atoms with E-state index in [-0.39, 0.29) is 5.57 Å². The van der Waals surface area contributed by atoms with Gasteiger partial charge in [0.15, 0.2) is 11.5 Å². The van der Waals surface area contributed by atoms with Gasteiger partial charge in [-0.25, -0.2) is 5.01 Å². The second kappa shape index (κ2) is 11.2. The van der Waals surface area contributed by atoms with Crippen molar-refractivity contribution in [3.8, 4) is 17.2 Å². The number of ether oxygens (including phenoxy) is 3. The quantitative estimate of drug-likeness (QED) is 0.263. The van der Waals surface area contributed by atoms with E-state index in [0.717, 1.165) is 5.75 Å². The second-order valence-electron chi connectivity index (χ2n) is 7.98. The highest BCUT2D eigenvalue weighted by atomic mass is 16.5. The van der Waals surface area contributed by atoms with E-state index in [9.17, 15) is 9.59 Å². The lowest BCUT2D eigenvalue weighted by molar-refractivity contribution is -0.117. The van der Waals surface area contributed by atoms with Gasteiger partial charge in [-0.2, -0.15) is 0 Å². The molecule has 1 saturated heterocycles. The maximum Gasteiger partial charge on any atom is 0.282 e. The van der Waals surface area contributed by atoms with Crippen LogP contribution in [0.25, 0.3) is 6.08 Å². The van der Waals surface area contributed by atoms with Gasteiger partial charge in [0.1, 0.15) is 11.3 Å². The molecule has 2 amide bonds. The van der Waals surface area contributed by atoms with Crippen molar-refractivity contribution in [1.82, 2.24) is 5.43 Å². The lowest BCUT2D eigenvalue weighted by atomic mass is 10.1. The predicted molar refractivity (Wildman–Crippen MR) is 134 cm³/mol. The summed E-state index contributed by atoms with van der Waals surface area (Å²) >= 11 is 0. The molecular formula is C28H28N2O5. The number of nitrogens with zero attached hydrogens (tertiary/aromatic N) is 1. The summed E-state index contributed by atoms with van der Waals surface area (Å²) in [4.78, 5) is 25.3. The smallest absolute Gasteiger partial charge is 0.282 e. The number of aryl methyl sites for hydroxylation is 1. The second-order valence-corrected chi connectivity index (χ2v) is 7.98. The first kappa shape index (κ1) is 23.9. The summed E-state index contributed by atoms with van der Waals surface area (Å²) in [5.41, 5.74) is 5.11. The molecular weight excluding hydrogens is 444 g/mol. The van der Waals surface area contributed by atoms with E-state index in [0.29, 0.717) is 49.0 Å². The third-order valence-corrected chi connectivity index (χ3v) is 5.32. The van der Waals surface area contributed by atoms with Crippen LogP contribution in [-0.4, -0.2) is 31.6 Å². The first-order valence-corrected chi connectivity index (χ1v) is 11.6. The van der Waals surface area contributed by atoms with Gasteiger partial charge >= 0.3 is 0 Å². The molecule has 35 heavy (non-hydrogen) atoms. The fourth-order valence-corrected chi connectivity index (χ4v) is 3.55. The normalized spacial score (nSPS) is 14.2. The molecule has 1 heterocycles. The number of para-hydroxylation sites is 1. The summed E-state index contributed by atoms with van der Waals surface area (Å²) in [6, 6.07) is 22.2. The highest BCUT2D eigenvalue weighted by molar-refractivity contribution is 6.31. The number of hydrogen-bond acceptors (Lipinski definition) is 5. The van der Waals surface area contributed by atoms with Crippen molar-refractivity contribution < 1.29 is 23.8 Å². The molecule has 1 fully saturated rings. The first-order valence-electron chi connectivity index (χ1n) is 11.6. The van der Waals surface area contributed by atoms with Crippen LogP contribution in [0, 0.1) is 6.92 Å². The Labute approximate surface area is 204 Å². The number of anilines is 1. The minimum atomic E-state index is -0.453. The Morgan fingerprint density at radius 1 is 0.857 bits per heavy atom. The minimum Gasteiger partial charge on any atom is -0.493 e. The molecule has 0 aliphatic carbocycles. The zero-order valence-electron chi connectivity index (χ0n) is 19.8. The van der Waals surface area contributed by atoms with Crippen molar-refractivity contribution in [2.45, 2.75) is 20.3 Å². The van der Waals surface area contributed by atoms with Gasteiger partial charge in [0.25, 0.3) is 11.8 Å². The molecule has 1 N–H and O–H groups in total. The number of benzene rings is 3. The largest absolute Gasteiger partial charge is 0.493 e. The van der Waals surface area contributed by atoms with Gasteiger partial charge in [0.05, 0.1) is 25.5 Å². The topological polar surface area (TPSA) is 77.1 Å². The summed E-state index contributed by atoms with van der Waals surface area (Å²) < 4.78 is 17.4. The number of carbonyl (C=O) groups excluding carboxylic acids is 2. The summed E-state index contributed by atoms with van der Waals surface area (Å²) in [6.07, 6.45) is 2.26. The van der Waals surface area contributed by atoms with Gasteiger partial charge in [-0.1, -0.05) is 42.0 Å². The van der Waals surface area contributed by atoms with Crippen LogP contribution in [0.2, 0.25) is 0 Å². The summed E-state index contributed by atoms with van der Waals surface area (Å²) in [6.45, 7) is 5.37. The highest BCUT2D eigenvalue weighted by Crippen LogP contribution is 2.30. The van der Waals surface area contributed by atoms with E-state index in [1.165, 1.54) is 10.6 Å². The molecule has 1 aliphatic heterocycles. The zero-order chi connectivity index (χ0) is 24.6. The summed E-state index contributed by atoms with van der Waals surface area (Å²) in [5, 5.41) is 1.24. The van der Waals surface area contributed by atoms with Gasteiger partial charge in [-0.15, -0.1) is 0 Å². The van der Waals surface area contributed by atoms with E-state index >= 15 is 0 Å². The number of hydrogen-bond donors (Lipinski definition) is 1. The van der Waals surface area contributed by atoms with Crippen molar-refractivity contribution in [3.63, 3.8) is 0 Å². The maximum absolute atomic E-state index is 12.8. The third-order valence-electron chi connectivity index (χ3n) is 5.32. The van der Waals surface area contributed by atoms with Crippen LogP contribution in [0.1, 0.15) is 24.5 Å². The average Bonchev–Trinajstić information content (AvgIpc) is 3.15. The van der Waals surface area contributed by atoms with Crippen molar-refractivity contribution in [1.29, 1.82) is 0 Å². The monoisotopic (exact) mass is 472 g/mol. The lowest BCUT2D eigenvalue weighted by Gasteiger charge is -2.14. The number of amides is 2. The van der Waals surface area contributed by atoms with Gasteiger partial charge in [0.2, 0.25) is 0 Å². The fraction of sp³-hybridized carbons (Fsp3) is 0.214.